The van der Waals surface area contributed by atoms with E-state index >= 15 is 0 Å². The highest BCUT2D eigenvalue weighted by molar-refractivity contribution is 5.48. The fourth-order valence-electron chi connectivity index (χ4n) is 3.52. The van der Waals surface area contributed by atoms with Crippen molar-refractivity contribution in [3.05, 3.63) is 48.2 Å². The van der Waals surface area contributed by atoms with Gasteiger partial charge in [-0.05, 0) is 25.1 Å². The van der Waals surface area contributed by atoms with Gasteiger partial charge in [-0.2, -0.15) is 27.8 Å². The van der Waals surface area contributed by atoms with Crippen LogP contribution >= 0.6 is 0 Å². The van der Waals surface area contributed by atoms with Gasteiger partial charge >= 0.3 is 6.18 Å². The van der Waals surface area contributed by atoms with Crippen LogP contribution in [0.15, 0.2) is 36.7 Å². The van der Waals surface area contributed by atoms with Gasteiger partial charge in [0.25, 0.3) is 5.78 Å². The molecule has 0 amide bonds. The Morgan fingerprint density at radius 1 is 1.07 bits per heavy atom. The second-order valence-corrected chi connectivity index (χ2v) is 7.06. The normalized spacial score (nSPS) is 15.7. The van der Waals surface area contributed by atoms with Gasteiger partial charge in [-0.3, -0.25) is 4.90 Å². The van der Waals surface area contributed by atoms with Crippen molar-refractivity contribution in [2.75, 3.05) is 49.5 Å². The molecule has 1 saturated heterocycles. The van der Waals surface area contributed by atoms with Crippen LogP contribution in [0.4, 0.5) is 29.1 Å². The molecule has 3 heterocycles. The van der Waals surface area contributed by atoms with Gasteiger partial charge in [-0.1, -0.05) is 12.1 Å². The average Bonchev–Trinajstić information content (AvgIpc) is 3.20. The van der Waals surface area contributed by atoms with Gasteiger partial charge < -0.3 is 10.2 Å². The summed E-state index contributed by atoms with van der Waals surface area (Å²) in [6.45, 7) is 4.32. The number of para-hydroxylation sites is 1. The number of hydrogen-bond donors (Lipinski definition) is 1. The third kappa shape index (κ3) is 4.45. The highest BCUT2D eigenvalue weighted by Gasteiger charge is 2.34. The first-order valence-electron chi connectivity index (χ1n) is 9.65. The van der Waals surface area contributed by atoms with Crippen LogP contribution in [0.3, 0.4) is 0 Å². The monoisotopic (exact) mass is 423 g/mol. The minimum atomic E-state index is -4.55. The van der Waals surface area contributed by atoms with Crippen molar-refractivity contribution in [3.8, 4) is 0 Å². The Bertz CT molecular complexity index is 996. The molecule has 11 heteroatoms. The van der Waals surface area contributed by atoms with Crippen molar-refractivity contribution in [1.29, 1.82) is 0 Å². The van der Waals surface area contributed by atoms with Crippen LogP contribution in [-0.2, 0) is 6.18 Å². The first-order valence-corrected chi connectivity index (χ1v) is 9.65. The van der Waals surface area contributed by atoms with E-state index in [1.807, 2.05) is 11.0 Å². The summed E-state index contributed by atoms with van der Waals surface area (Å²) in [5.41, 5.74) is -0.386. The minimum absolute atomic E-state index is 0.100. The molecule has 4 rings (SSSR count). The quantitative estimate of drug-likeness (QED) is 0.486. The molecule has 0 bridgehead atoms. The van der Waals surface area contributed by atoms with Crippen molar-refractivity contribution in [1.82, 2.24) is 24.5 Å². The molecule has 1 fully saturated rings. The van der Waals surface area contributed by atoms with E-state index in [4.69, 9.17) is 0 Å². The zero-order valence-corrected chi connectivity index (χ0v) is 16.1. The maximum atomic E-state index is 13.9. The molecule has 2 aromatic heterocycles. The molecule has 3 aromatic rings. The third-order valence-electron chi connectivity index (χ3n) is 5.06. The van der Waals surface area contributed by atoms with Crippen LogP contribution in [0.5, 0.6) is 0 Å². The van der Waals surface area contributed by atoms with E-state index in [1.54, 1.807) is 12.1 Å². The number of piperazine rings is 1. The lowest BCUT2D eigenvalue weighted by Gasteiger charge is -2.36. The molecule has 1 aliphatic heterocycles. The molecule has 0 radical (unpaired) electrons. The first kappa shape index (κ1) is 20.3. The Balaban J connectivity index is 1.28. The van der Waals surface area contributed by atoms with E-state index < -0.39 is 11.9 Å². The number of benzene rings is 1. The number of halogens is 4. The molecular weight excluding hydrogens is 402 g/mol. The number of aromatic nitrogens is 4. The van der Waals surface area contributed by atoms with Crippen LogP contribution in [0.2, 0.25) is 0 Å². The smallest absolute Gasteiger partial charge is 0.370 e. The third-order valence-corrected chi connectivity index (χ3v) is 5.06. The molecule has 0 spiro atoms. The van der Waals surface area contributed by atoms with Gasteiger partial charge in [0.05, 0.1) is 5.69 Å². The predicted molar refractivity (Wildman–Crippen MR) is 104 cm³/mol. The predicted octanol–water partition coefficient (Wildman–Crippen LogP) is 2.91. The maximum Gasteiger partial charge on any atom is 0.433 e. The van der Waals surface area contributed by atoms with Crippen LogP contribution in [0.25, 0.3) is 5.78 Å². The molecule has 1 N–H and O–H groups in total. The van der Waals surface area contributed by atoms with E-state index in [2.05, 4.69) is 25.3 Å². The van der Waals surface area contributed by atoms with E-state index in [0.29, 0.717) is 12.2 Å². The van der Waals surface area contributed by atoms with E-state index in [-0.39, 0.29) is 17.4 Å². The van der Waals surface area contributed by atoms with Gasteiger partial charge in [0, 0.05) is 38.8 Å². The molecule has 1 aromatic carbocycles. The summed E-state index contributed by atoms with van der Waals surface area (Å²) in [6.07, 6.45) is -2.65. The molecule has 0 aliphatic carbocycles. The zero-order chi connectivity index (χ0) is 21.1. The van der Waals surface area contributed by atoms with E-state index in [0.717, 1.165) is 45.2 Å². The van der Waals surface area contributed by atoms with Gasteiger partial charge in [0.15, 0.2) is 5.69 Å². The largest absolute Gasteiger partial charge is 0.433 e. The molecule has 0 atom stereocenters. The molecule has 30 heavy (non-hydrogen) atoms. The Morgan fingerprint density at radius 2 is 1.83 bits per heavy atom. The lowest BCUT2D eigenvalue weighted by atomic mass is 10.2. The average molecular weight is 423 g/mol. The summed E-state index contributed by atoms with van der Waals surface area (Å²) in [5, 5.41) is 6.92. The van der Waals surface area contributed by atoms with Crippen molar-refractivity contribution in [2.24, 2.45) is 0 Å². The molecule has 160 valence electrons. The summed E-state index contributed by atoms with van der Waals surface area (Å²) < 4.78 is 54.3. The Morgan fingerprint density at radius 3 is 2.57 bits per heavy atom. The topological polar surface area (TPSA) is 61.6 Å². The minimum Gasteiger partial charge on any atom is -0.370 e. The summed E-state index contributed by atoms with van der Waals surface area (Å²) in [6, 6.07) is 7.68. The highest BCUT2D eigenvalue weighted by Crippen LogP contribution is 2.29. The Hall–Kier alpha value is -2.95. The Kier molecular flexibility index (Phi) is 5.71. The maximum absolute atomic E-state index is 13.9. The molecule has 7 nitrogen and oxygen atoms in total. The van der Waals surface area contributed by atoms with Crippen LogP contribution in [0, 0.1) is 5.82 Å². The van der Waals surface area contributed by atoms with Crippen LogP contribution < -0.4 is 10.2 Å². The number of alkyl halides is 3. The SMILES string of the molecule is Fc1ccccc1N1CCN(CCCNc2cc(C(F)(F)F)nc3ncnn23)CC1. The summed E-state index contributed by atoms with van der Waals surface area (Å²) >= 11 is 0. The molecule has 0 saturated carbocycles. The van der Waals surface area contributed by atoms with Crippen molar-refractivity contribution >= 4 is 17.3 Å². The second kappa shape index (κ2) is 8.42. The highest BCUT2D eigenvalue weighted by atomic mass is 19.4. The lowest BCUT2D eigenvalue weighted by molar-refractivity contribution is -0.141. The Labute approximate surface area is 170 Å². The standard InChI is InChI=1S/C19H21F4N7/c20-14-4-1-2-5-15(14)29-10-8-28(9-11-29)7-3-6-24-17-12-16(19(21,22)23)27-18-25-13-26-30(17)18/h1-2,4-5,12-13,24H,3,6-11H2. The van der Waals surface area contributed by atoms with Crippen molar-refractivity contribution < 1.29 is 17.6 Å². The van der Waals surface area contributed by atoms with E-state index in [1.165, 1.54) is 16.9 Å². The van der Waals surface area contributed by atoms with Crippen LogP contribution in [0.1, 0.15) is 12.1 Å². The van der Waals surface area contributed by atoms with Crippen LogP contribution in [-0.4, -0.2) is 63.8 Å². The number of fused-ring (bicyclic) bond motifs is 1. The second-order valence-electron chi connectivity index (χ2n) is 7.06. The molecular formula is C19H21F4N7. The zero-order valence-electron chi connectivity index (χ0n) is 16.1. The van der Waals surface area contributed by atoms with Crippen molar-refractivity contribution in [3.63, 3.8) is 0 Å². The fraction of sp³-hybridized carbons (Fsp3) is 0.421. The summed E-state index contributed by atoms with van der Waals surface area (Å²) in [7, 11) is 0. The first-order chi connectivity index (χ1) is 14.4. The van der Waals surface area contributed by atoms with Crippen molar-refractivity contribution in [2.45, 2.75) is 12.6 Å². The number of anilines is 2. The fourth-order valence-corrected chi connectivity index (χ4v) is 3.52. The summed E-state index contributed by atoms with van der Waals surface area (Å²) in [5.74, 6) is -0.115. The van der Waals surface area contributed by atoms with E-state index in [9.17, 15) is 17.6 Å². The number of nitrogens with zero attached hydrogens (tertiary/aromatic N) is 6. The summed E-state index contributed by atoms with van der Waals surface area (Å²) in [4.78, 5) is 11.5. The number of rotatable bonds is 6. The lowest BCUT2D eigenvalue weighted by Crippen LogP contribution is -2.47. The number of nitrogens with one attached hydrogen (secondary N) is 1. The van der Waals surface area contributed by atoms with Gasteiger partial charge in [-0.15, -0.1) is 0 Å². The van der Waals surface area contributed by atoms with Gasteiger partial charge in [0.2, 0.25) is 0 Å². The number of hydrogen-bond acceptors (Lipinski definition) is 6. The van der Waals surface area contributed by atoms with Gasteiger partial charge in [-0.25, -0.2) is 9.37 Å². The van der Waals surface area contributed by atoms with Gasteiger partial charge in [0.1, 0.15) is 18.0 Å². The molecule has 0 unspecified atom stereocenters. The molecule has 1 aliphatic rings.